The second kappa shape index (κ2) is 12.2. The van der Waals surface area contributed by atoms with Gasteiger partial charge in [0.1, 0.15) is 47.4 Å². The molecule has 0 unspecified atom stereocenters. The van der Waals surface area contributed by atoms with Gasteiger partial charge < -0.3 is 24.3 Å². The van der Waals surface area contributed by atoms with Gasteiger partial charge in [-0.25, -0.2) is 14.4 Å². The van der Waals surface area contributed by atoms with Gasteiger partial charge in [-0.2, -0.15) is 5.10 Å². The molecule has 0 atom stereocenters. The van der Waals surface area contributed by atoms with Gasteiger partial charge in [-0.3, -0.25) is 10.1 Å². The number of halogens is 1. The van der Waals surface area contributed by atoms with E-state index in [1.54, 1.807) is 18.6 Å². The molecule has 0 bridgehead atoms. The van der Waals surface area contributed by atoms with Crippen LogP contribution < -0.4 is 9.47 Å². The van der Waals surface area contributed by atoms with E-state index in [-0.39, 0.29) is 5.82 Å². The number of rotatable bonds is 11. The van der Waals surface area contributed by atoms with Crippen molar-refractivity contribution < 1.29 is 13.9 Å². The normalized spacial score (nSPS) is 11.7. The topological polar surface area (TPSA) is 108 Å². The maximum atomic E-state index is 14.6. The van der Waals surface area contributed by atoms with E-state index >= 15 is 0 Å². The largest absolute Gasteiger partial charge is 0.492 e. The fourth-order valence-corrected chi connectivity index (χ4v) is 4.79. The lowest BCUT2D eigenvalue weighted by atomic mass is 10.0. The summed E-state index contributed by atoms with van der Waals surface area (Å²) in [5.74, 6) is 0.801. The second-order valence-electron chi connectivity index (χ2n) is 10.9. The Labute approximate surface area is 248 Å². The number of aromatic amines is 2. The summed E-state index contributed by atoms with van der Waals surface area (Å²) in [5.41, 5.74) is 6.66. The van der Waals surface area contributed by atoms with E-state index in [2.05, 4.69) is 30.0 Å². The standard InChI is InChI=1S/C32H33FN8O2/c1-40(2)9-11-42-23-14-20(13-22(33)16-23)25-7-8-35-32-26(25)17-29(37-32)31-30-28(38-39-31)6-5-27(36-30)21-15-24(19-34-18-21)43-12-10-41(3)4/h5-8,13-19H,9-12H2,1-4H3,(H,35,37)(H,38,39). The molecule has 1 aromatic carbocycles. The third-order valence-corrected chi connectivity index (χ3v) is 7.00. The quantitative estimate of drug-likeness (QED) is 0.214. The number of hydrogen-bond acceptors (Lipinski definition) is 8. The number of likely N-dealkylation sites (N-methyl/N-ethyl adjacent to an activating group) is 2. The number of nitrogens with zero attached hydrogens (tertiary/aromatic N) is 6. The third-order valence-electron chi connectivity index (χ3n) is 7.00. The number of pyridine rings is 3. The van der Waals surface area contributed by atoms with Crippen LogP contribution in [0.1, 0.15) is 0 Å². The van der Waals surface area contributed by atoms with E-state index in [4.69, 9.17) is 14.5 Å². The lowest BCUT2D eigenvalue weighted by Crippen LogP contribution is -2.19. The minimum absolute atomic E-state index is 0.366. The fraction of sp³-hybridized carbons (Fsp3) is 0.250. The number of H-pyrrole nitrogens is 2. The molecule has 0 spiro atoms. The van der Waals surface area contributed by atoms with Crippen LogP contribution in [0.5, 0.6) is 11.5 Å². The van der Waals surface area contributed by atoms with E-state index in [9.17, 15) is 4.39 Å². The molecule has 0 saturated carbocycles. The third kappa shape index (κ3) is 6.32. The molecule has 220 valence electrons. The van der Waals surface area contributed by atoms with Gasteiger partial charge in [0.05, 0.1) is 23.1 Å². The maximum Gasteiger partial charge on any atom is 0.138 e. The molecule has 11 heteroatoms. The number of fused-ring (bicyclic) bond motifs is 2. The van der Waals surface area contributed by atoms with Gasteiger partial charge in [0.2, 0.25) is 0 Å². The van der Waals surface area contributed by atoms with Crippen molar-refractivity contribution in [1.29, 1.82) is 0 Å². The molecule has 6 rings (SSSR count). The lowest BCUT2D eigenvalue weighted by molar-refractivity contribution is 0.260. The molecule has 0 saturated heterocycles. The van der Waals surface area contributed by atoms with Crippen molar-refractivity contribution in [2.45, 2.75) is 0 Å². The zero-order valence-electron chi connectivity index (χ0n) is 24.6. The highest BCUT2D eigenvalue weighted by molar-refractivity contribution is 5.99. The van der Waals surface area contributed by atoms with Crippen molar-refractivity contribution in [2.24, 2.45) is 0 Å². The molecule has 2 N–H and O–H groups in total. The van der Waals surface area contributed by atoms with E-state index in [0.717, 1.165) is 46.5 Å². The van der Waals surface area contributed by atoms with Gasteiger partial charge in [0.25, 0.3) is 0 Å². The first kappa shape index (κ1) is 28.3. The zero-order chi connectivity index (χ0) is 29.9. The molecule has 0 radical (unpaired) electrons. The SMILES string of the molecule is CN(C)CCOc1cncc(-c2ccc3[nH]nc(-c4cc5c(-c6cc(F)cc(OCCN(C)C)c6)ccnc5[nH]4)c3n2)c1. The summed E-state index contributed by atoms with van der Waals surface area (Å²) in [7, 11) is 7.94. The Bertz CT molecular complexity index is 1880. The predicted molar refractivity (Wildman–Crippen MR) is 166 cm³/mol. The Balaban J connectivity index is 1.33. The number of hydrogen-bond donors (Lipinski definition) is 2. The Morgan fingerprint density at radius 2 is 1.60 bits per heavy atom. The summed E-state index contributed by atoms with van der Waals surface area (Å²) in [6.45, 7) is 2.56. The van der Waals surface area contributed by atoms with E-state index in [0.29, 0.717) is 47.1 Å². The van der Waals surface area contributed by atoms with Gasteiger partial charge in [0, 0.05) is 42.5 Å². The molecule has 43 heavy (non-hydrogen) atoms. The molecule has 0 aliphatic carbocycles. The zero-order valence-corrected chi connectivity index (χ0v) is 24.6. The van der Waals surface area contributed by atoms with Crippen LogP contribution in [-0.4, -0.2) is 94.4 Å². The summed E-state index contributed by atoms with van der Waals surface area (Å²) in [6.07, 6.45) is 5.17. The second-order valence-corrected chi connectivity index (χ2v) is 10.9. The lowest BCUT2D eigenvalue weighted by Gasteiger charge is -2.12. The van der Waals surface area contributed by atoms with Crippen LogP contribution >= 0.6 is 0 Å². The summed E-state index contributed by atoms with van der Waals surface area (Å²) >= 11 is 0. The van der Waals surface area contributed by atoms with Crippen LogP contribution in [0.15, 0.2) is 67.1 Å². The number of ether oxygens (including phenoxy) is 2. The summed E-state index contributed by atoms with van der Waals surface area (Å²) in [6, 6.07) is 14.4. The van der Waals surface area contributed by atoms with Gasteiger partial charge in [-0.1, -0.05) is 0 Å². The highest BCUT2D eigenvalue weighted by atomic mass is 19.1. The molecule has 6 aromatic rings. The monoisotopic (exact) mass is 580 g/mol. The Morgan fingerprint density at radius 3 is 2.40 bits per heavy atom. The molecule has 5 heterocycles. The fourth-order valence-electron chi connectivity index (χ4n) is 4.79. The van der Waals surface area contributed by atoms with Crippen molar-refractivity contribution in [1.82, 2.24) is 39.9 Å². The first-order chi connectivity index (χ1) is 20.8. The minimum Gasteiger partial charge on any atom is -0.492 e. The van der Waals surface area contributed by atoms with Crippen molar-refractivity contribution in [3.05, 3.63) is 72.9 Å². The van der Waals surface area contributed by atoms with E-state index in [1.165, 1.54) is 12.1 Å². The smallest absolute Gasteiger partial charge is 0.138 e. The average molecular weight is 581 g/mol. The van der Waals surface area contributed by atoms with Gasteiger partial charge in [-0.05, 0) is 81.8 Å². The van der Waals surface area contributed by atoms with Crippen molar-refractivity contribution >= 4 is 22.1 Å². The van der Waals surface area contributed by atoms with E-state index in [1.807, 2.05) is 69.5 Å². The minimum atomic E-state index is -0.366. The van der Waals surface area contributed by atoms with E-state index < -0.39 is 0 Å². The number of aromatic nitrogens is 6. The van der Waals surface area contributed by atoms with Gasteiger partial charge in [-0.15, -0.1) is 0 Å². The summed E-state index contributed by atoms with van der Waals surface area (Å²) in [5, 5.41) is 8.49. The molecule has 0 fully saturated rings. The van der Waals surface area contributed by atoms with Crippen LogP contribution in [0.3, 0.4) is 0 Å². The van der Waals surface area contributed by atoms with Crippen LogP contribution in [-0.2, 0) is 0 Å². The first-order valence-corrected chi connectivity index (χ1v) is 14.0. The van der Waals surface area contributed by atoms with Crippen molar-refractivity contribution in [2.75, 3.05) is 54.5 Å². The Morgan fingerprint density at radius 1 is 0.837 bits per heavy atom. The molecular weight excluding hydrogens is 547 g/mol. The number of benzene rings is 1. The van der Waals surface area contributed by atoms with Gasteiger partial charge in [0.15, 0.2) is 0 Å². The highest BCUT2D eigenvalue weighted by Crippen LogP contribution is 2.35. The molecule has 0 aliphatic rings. The van der Waals surface area contributed by atoms with Crippen LogP contribution in [0.25, 0.3) is 55.8 Å². The van der Waals surface area contributed by atoms with Crippen molar-refractivity contribution in [3.8, 4) is 45.3 Å². The maximum absolute atomic E-state index is 14.6. The predicted octanol–water partition coefficient (Wildman–Crippen LogP) is 5.25. The Hall–Kier alpha value is -4.87. The van der Waals surface area contributed by atoms with Crippen molar-refractivity contribution in [3.63, 3.8) is 0 Å². The summed E-state index contributed by atoms with van der Waals surface area (Å²) in [4.78, 5) is 21.3. The van der Waals surface area contributed by atoms with Crippen LogP contribution in [0, 0.1) is 5.82 Å². The Kier molecular flexibility index (Phi) is 7.99. The first-order valence-electron chi connectivity index (χ1n) is 14.0. The van der Waals surface area contributed by atoms with Crippen LogP contribution in [0.4, 0.5) is 4.39 Å². The van der Waals surface area contributed by atoms with Gasteiger partial charge >= 0.3 is 0 Å². The summed E-state index contributed by atoms with van der Waals surface area (Å²) < 4.78 is 26.3. The molecule has 0 aliphatic heterocycles. The molecule has 5 aromatic heterocycles. The average Bonchev–Trinajstić information content (AvgIpc) is 3.60. The highest BCUT2D eigenvalue weighted by Gasteiger charge is 2.17. The van der Waals surface area contributed by atoms with Crippen LogP contribution in [0.2, 0.25) is 0 Å². The molecule has 10 nitrogen and oxygen atoms in total. The number of nitrogens with one attached hydrogen (secondary N) is 2. The molecular formula is C32H33FN8O2. The molecule has 0 amide bonds.